The molecule has 2 amide bonds. The molecule has 1 heterocycles. The van der Waals surface area contributed by atoms with Crippen molar-refractivity contribution in [2.75, 3.05) is 10.6 Å². The highest BCUT2D eigenvalue weighted by atomic mass is 16.5. The van der Waals surface area contributed by atoms with Crippen molar-refractivity contribution < 1.29 is 14.1 Å². The van der Waals surface area contributed by atoms with Crippen LogP contribution in [0.3, 0.4) is 0 Å². The van der Waals surface area contributed by atoms with Crippen molar-refractivity contribution >= 4 is 23.3 Å². The van der Waals surface area contributed by atoms with Gasteiger partial charge in [0.2, 0.25) is 11.8 Å². The van der Waals surface area contributed by atoms with E-state index in [1.165, 1.54) is 0 Å². The molecule has 1 aromatic heterocycles. The van der Waals surface area contributed by atoms with Gasteiger partial charge in [0, 0.05) is 24.6 Å². The van der Waals surface area contributed by atoms with E-state index in [9.17, 15) is 9.59 Å². The van der Waals surface area contributed by atoms with Gasteiger partial charge in [-0.1, -0.05) is 23.4 Å². The van der Waals surface area contributed by atoms with Crippen molar-refractivity contribution in [3.8, 4) is 0 Å². The molecule has 2 N–H and O–H groups in total. The normalized spacial score (nSPS) is 10.3. The van der Waals surface area contributed by atoms with Gasteiger partial charge in [0.25, 0.3) is 0 Å². The van der Waals surface area contributed by atoms with Crippen molar-refractivity contribution in [3.05, 3.63) is 41.7 Å². The number of aromatic nitrogens is 1. The molecular weight excluding hydrogens is 282 g/mol. The predicted molar refractivity (Wildman–Crippen MR) is 83.5 cm³/mol. The van der Waals surface area contributed by atoms with E-state index in [4.69, 9.17) is 4.52 Å². The van der Waals surface area contributed by atoms with Crippen molar-refractivity contribution in [2.24, 2.45) is 0 Å². The highest BCUT2D eigenvalue weighted by Crippen LogP contribution is 2.14. The molecule has 0 atom stereocenters. The molecule has 0 saturated heterocycles. The molecule has 0 aliphatic carbocycles. The first kappa shape index (κ1) is 15.8. The zero-order chi connectivity index (χ0) is 15.9. The lowest BCUT2D eigenvalue weighted by atomic mass is 10.2. The fourth-order valence-corrected chi connectivity index (χ4v) is 1.97. The van der Waals surface area contributed by atoms with Crippen LogP contribution in [0.2, 0.25) is 0 Å². The monoisotopic (exact) mass is 301 g/mol. The fraction of sp³-hybridized carbons (Fsp3) is 0.312. The standard InChI is InChI=1S/C16H19N3O3/c1-11-6-3-4-7-13(11)17-15(20)8-5-9-16(21)18-14-10-12(2)22-19-14/h3-4,6-7,10H,5,8-9H2,1-2H3,(H,17,20)(H,18,19,21). The molecule has 0 bridgehead atoms. The summed E-state index contributed by atoms with van der Waals surface area (Å²) in [6.07, 6.45) is 1.02. The maximum atomic E-state index is 11.8. The first-order valence-electron chi connectivity index (χ1n) is 7.13. The Morgan fingerprint density at radius 2 is 1.77 bits per heavy atom. The lowest BCUT2D eigenvalue weighted by Crippen LogP contribution is -2.15. The van der Waals surface area contributed by atoms with Crippen molar-refractivity contribution in [1.29, 1.82) is 0 Å². The summed E-state index contributed by atoms with van der Waals surface area (Å²) in [5, 5.41) is 9.14. The number of amides is 2. The zero-order valence-electron chi connectivity index (χ0n) is 12.7. The van der Waals surface area contributed by atoms with Gasteiger partial charge in [0.05, 0.1) is 0 Å². The number of hydrogen-bond acceptors (Lipinski definition) is 4. The third kappa shape index (κ3) is 4.73. The van der Waals surface area contributed by atoms with E-state index >= 15 is 0 Å². The summed E-state index contributed by atoms with van der Waals surface area (Å²) in [6, 6.07) is 9.22. The van der Waals surface area contributed by atoms with Crippen LogP contribution in [0.1, 0.15) is 30.6 Å². The number of para-hydroxylation sites is 1. The van der Waals surface area contributed by atoms with E-state index in [0.29, 0.717) is 24.4 Å². The highest BCUT2D eigenvalue weighted by Gasteiger charge is 2.08. The summed E-state index contributed by atoms with van der Waals surface area (Å²) >= 11 is 0. The smallest absolute Gasteiger partial charge is 0.225 e. The predicted octanol–water partition coefficient (Wildman–Crippen LogP) is 3.04. The average Bonchev–Trinajstić information content (AvgIpc) is 2.86. The number of anilines is 2. The molecule has 2 rings (SSSR count). The fourth-order valence-electron chi connectivity index (χ4n) is 1.97. The van der Waals surface area contributed by atoms with Crippen LogP contribution in [0, 0.1) is 13.8 Å². The summed E-state index contributed by atoms with van der Waals surface area (Å²) in [7, 11) is 0. The van der Waals surface area contributed by atoms with E-state index in [-0.39, 0.29) is 18.2 Å². The minimum absolute atomic E-state index is 0.0978. The molecule has 0 unspecified atom stereocenters. The molecule has 22 heavy (non-hydrogen) atoms. The lowest BCUT2D eigenvalue weighted by molar-refractivity contribution is -0.117. The Labute approximate surface area is 128 Å². The maximum absolute atomic E-state index is 11.8. The molecule has 2 aromatic rings. The van der Waals surface area contributed by atoms with Gasteiger partial charge >= 0.3 is 0 Å². The largest absolute Gasteiger partial charge is 0.360 e. The molecule has 116 valence electrons. The van der Waals surface area contributed by atoms with Gasteiger partial charge in [0.1, 0.15) is 5.76 Å². The number of hydrogen-bond donors (Lipinski definition) is 2. The number of nitrogens with zero attached hydrogens (tertiary/aromatic N) is 1. The quantitative estimate of drug-likeness (QED) is 0.859. The van der Waals surface area contributed by atoms with Crippen LogP contribution in [-0.4, -0.2) is 17.0 Å². The summed E-state index contributed by atoms with van der Waals surface area (Å²) in [6.45, 7) is 3.68. The Balaban J connectivity index is 1.70. The van der Waals surface area contributed by atoms with Crippen LogP contribution < -0.4 is 10.6 Å². The minimum atomic E-state index is -0.183. The van der Waals surface area contributed by atoms with Gasteiger partial charge in [-0.25, -0.2) is 0 Å². The van der Waals surface area contributed by atoms with Crippen LogP contribution in [0.15, 0.2) is 34.9 Å². The van der Waals surface area contributed by atoms with Gasteiger partial charge in [0.15, 0.2) is 5.82 Å². The van der Waals surface area contributed by atoms with Gasteiger partial charge in [-0.3, -0.25) is 9.59 Å². The third-order valence-electron chi connectivity index (χ3n) is 3.12. The zero-order valence-corrected chi connectivity index (χ0v) is 12.7. The first-order valence-corrected chi connectivity index (χ1v) is 7.13. The molecule has 0 aliphatic rings. The number of carbonyl (C=O) groups is 2. The number of nitrogens with one attached hydrogen (secondary N) is 2. The Morgan fingerprint density at radius 1 is 1.09 bits per heavy atom. The number of carbonyl (C=O) groups excluding carboxylic acids is 2. The van der Waals surface area contributed by atoms with Crippen molar-refractivity contribution in [1.82, 2.24) is 5.16 Å². The SMILES string of the molecule is Cc1cc(NC(=O)CCCC(=O)Nc2ccccc2C)no1. The Bertz CT molecular complexity index is 664. The van der Waals surface area contributed by atoms with Crippen LogP contribution >= 0.6 is 0 Å². The van der Waals surface area contributed by atoms with E-state index in [0.717, 1.165) is 11.3 Å². The molecule has 1 aromatic carbocycles. The Hall–Kier alpha value is -2.63. The van der Waals surface area contributed by atoms with Gasteiger partial charge in [-0.05, 0) is 31.9 Å². The number of benzene rings is 1. The molecule has 6 nitrogen and oxygen atoms in total. The first-order chi connectivity index (χ1) is 10.5. The van der Waals surface area contributed by atoms with Gasteiger partial charge < -0.3 is 15.2 Å². The minimum Gasteiger partial charge on any atom is -0.360 e. The van der Waals surface area contributed by atoms with Crippen molar-refractivity contribution in [3.63, 3.8) is 0 Å². The van der Waals surface area contributed by atoms with Crippen LogP contribution in [0.4, 0.5) is 11.5 Å². The van der Waals surface area contributed by atoms with E-state index < -0.39 is 0 Å². The second-order valence-corrected chi connectivity index (χ2v) is 5.09. The van der Waals surface area contributed by atoms with Gasteiger partial charge in [-0.15, -0.1) is 0 Å². The summed E-state index contributed by atoms with van der Waals surface area (Å²) in [5.74, 6) is 0.746. The second-order valence-electron chi connectivity index (χ2n) is 5.09. The topological polar surface area (TPSA) is 84.2 Å². The summed E-state index contributed by atoms with van der Waals surface area (Å²) < 4.78 is 4.86. The van der Waals surface area contributed by atoms with E-state index in [2.05, 4.69) is 15.8 Å². The van der Waals surface area contributed by atoms with E-state index in [1.807, 2.05) is 31.2 Å². The molecule has 0 saturated carbocycles. The molecule has 0 spiro atoms. The second kappa shape index (κ2) is 7.40. The molecule has 0 radical (unpaired) electrons. The summed E-state index contributed by atoms with van der Waals surface area (Å²) in [4.78, 5) is 23.5. The molecule has 0 aliphatic heterocycles. The van der Waals surface area contributed by atoms with Crippen LogP contribution in [-0.2, 0) is 9.59 Å². The number of aryl methyl sites for hydroxylation is 2. The van der Waals surface area contributed by atoms with Gasteiger partial charge in [-0.2, -0.15) is 0 Å². The van der Waals surface area contributed by atoms with Crippen LogP contribution in [0.25, 0.3) is 0 Å². The van der Waals surface area contributed by atoms with Crippen molar-refractivity contribution in [2.45, 2.75) is 33.1 Å². The highest BCUT2D eigenvalue weighted by molar-refractivity contribution is 5.93. The molecule has 6 heteroatoms. The Kier molecular flexibility index (Phi) is 5.30. The average molecular weight is 301 g/mol. The molecule has 0 fully saturated rings. The summed E-state index contributed by atoms with van der Waals surface area (Å²) in [5.41, 5.74) is 1.81. The maximum Gasteiger partial charge on any atom is 0.225 e. The van der Waals surface area contributed by atoms with E-state index in [1.54, 1.807) is 13.0 Å². The Morgan fingerprint density at radius 3 is 2.41 bits per heavy atom. The molecular formula is C16H19N3O3. The van der Waals surface area contributed by atoms with Crippen LogP contribution in [0.5, 0.6) is 0 Å². The third-order valence-corrected chi connectivity index (χ3v) is 3.12. The lowest BCUT2D eigenvalue weighted by Gasteiger charge is -2.07. The number of rotatable bonds is 6.